The fourth-order valence-corrected chi connectivity index (χ4v) is 4.80. The standard InChI is InChI=1S/C24H24FN3O4S/c1-32-20-11-9-19(10-12-20)27-13-15-28(16-14-27)24(29)18-5-4-6-21(17-18)33(30,31)26-23-8-3-2-7-22(23)25/h2-12,17,26H,13-16H2,1H3. The first kappa shape index (κ1) is 22.6. The summed E-state index contributed by atoms with van der Waals surface area (Å²) in [6.07, 6.45) is 0. The molecule has 0 bridgehead atoms. The van der Waals surface area contributed by atoms with Crippen molar-refractivity contribution >= 4 is 27.3 Å². The third-order valence-corrected chi connectivity index (χ3v) is 6.88. The fraction of sp³-hybridized carbons (Fsp3) is 0.208. The van der Waals surface area contributed by atoms with Crippen LogP contribution < -0.4 is 14.4 Å². The van der Waals surface area contributed by atoms with Crippen molar-refractivity contribution in [3.63, 3.8) is 0 Å². The molecule has 1 fully saturated rings. The summed E-state index contributed by atoms with van der Waals surface area (Å²) in [5.74, 6) is -0.137. The van der Waals surface area contributed by atoms with E-state index in [-0.39, 0.29) is 22.1 Å². The maximum Gasteiger partial charge on any atom is 0.262 e. The molecule has 0 unspecified atom stereocenters. The van der Waals surface area contributed by atoms with E-state index >= 15 is 0 Å². The van der Waals surface area contributed by atoms with Gasteiger partial charge in [-0.2, -0.15) is 0 Å². The summed E-state index contributed by atoms with van der Waals surface area (Å²) < 4.78 is 46.8. The molecule has 1 saturated heterocycles. The number of benzene rings is 3. The van der Waals surface area contributed by atoms with E-state index in [1.807, 2.05) is 24.3 Å². The number of anilines is 2. The van der Waals surface area contributed by atoms with E-state index in [0.29, 0.717) is 26.2 Å². The number of rotatable bonds is 6. The largest absolute Gasteiger partial charge is 0.497 e. The first-order chi connectivity index (χ1) is 15.9. The Bertz CT molecular complexity index is 1240. The van der Waals surface area contributed by atoms with Crippen molar-refractivity contribution in [3.8, 4) is 5.75 Å². The van der Waals surface area contributed by atoms with Gasteiger partial charge in [0.1, 0.15) is 11.6 Å². The number of sulfonamides is 1. The average Bonchev–Trinajstić information content (AvgIpc) is 2.85. The Hall–Kier alpha value is -3.59. The smallest absolute Gasteiger partial charge is 0.262 e. The van der Waals surface area contributed by atoms with Gasteiger partial charge in [-0.15, -0.1) is 0 Å². The quantitative estimate of drug-likeness (QED) is 0.597. The molecule has 0 saturated carbocycles. The molecule has 0 atom stereocenters. The van der Waals surface area contributed by atoms with Gasteiger partial charge in [0.25, 0.3) is 15.9 Å². The number of nitrogens with one attached hydrogen (secondary N) is 1. The minimum absolute atomic E-state index is 0.103. The molecule has 1 aliphatic rings. The number of carbonyl (C=O) groups is 1. The van der Waals surface area contributed by atoms with Gasteiger partial charge in [-0.05, 0) is 54.6 Å². The number of hydrogen-bond acceptors (Lipinski definition) is 5. The molecule has 1 aliphatic heterocycles. The van der Waals surface area contributed by atoms with Gasteiger partial charge in [-0.25, -0.2) is 12.8 Å². The Morgan fingerprint density at radius 2 is 1.64 bits per heavy atom. The zero-order chi connectivity index (χ0) is 23.4. The number of hydrogen-bond donors (Lipinski definition) is 1. The van der Waals surface area contributed by atoms with Crippen molar-refractivity contribution in [1.29, 1.82) is 0 Å². The van der Waals surface area contributed by atoms with Crippen LogP contribution in [-0.2, 0) is 10.0 Å². The lowest BCUT2D eigenvalue weighted by Crippen LogP contribution is -2.48. The summed E-state index contributed by atoms with van der Waals surface area (Å²) >= 11 is 0. The second kappa shape index (κ2) is 9.50. The molecular formula is C24H24FN3O4S. The van der Waals surface area contributed by atoms with E-state index < -0.39 is 15.8 Å². The summed E-state index contributed by atoms with van der Waals surface area (Å²) in [5, 5.41) is 0. The van der Waals surface area contributed by atoms with Crippen LogP contribution in [0.25, 0.3) is 0 Å². The minimum atomic E-state index is -4.05. The highest BCUT2D eigenvalue weighted by Crippen LogP contribution is 2.23. The molecule has 0 aliphatic carbocycles. The van der Waals surface area contributed by atoms with Crippen molar-refractivity contribution in [2.45, 2.75) is 4.90 Å². The van der Waals surface area contributed by atoms with E-state index in [9.17, 15) is 17.6 Å². The molecule has 0 spiro atoms. The first-order valence-electron chi connectivity index (χ1n) is 10.4. The van der Waals surface area contributed by atoms with Crippen molar-refractivity contribution in [3.05, 3.63) is 84.2 Å². The van der Waals surface area contributed by atoms with Crippen LogP contribution in [0.1, 0.15) is 10.4 Å². The lowest BCUT2D eigenvalue weighted by molar-refractivity contribution is 0.0746. The van der Waals surface area contributed by atoms with Gasteiger partial charge in [0.15, 0.2) is 0 Å². The first-order valence-corrected chi connectivity index (χ1v) is 11.9. The normalized spacial score (nSPS) is 14.1. The summed E-state index contributed by atoms with van der Waals surface area (Å²) in [7, 11) is -2.43. The van der Waals surface area contributed by atoms with Crippen LogP contribution in [0.15, 0.2) is 77.7 Å². The number of para-hydroxylation sites is 1. The van der Waals surface area contributed by atoms with Gasteiger partial charge in [0.05, 0.1) is 17.7 Å². The zero-order valence-electron chi connectivity index (χ0n) is 18.1. The van der Waals surface area contributed by atoms with Gasteiger partial charge in [0.2, 0.25) is 0 Å². The van der Waals surface area contributed by atoms with E-state index in [1.54, 1.807) is 18.1 Å². The molecule has 3 aromatic carbocycles. The number of piperazine rings is 1. The van der Waals surface area contributed by atoms with E-state index in [0.717, 1.165) is 11.4 Å². The van der Waals surface area contributed by atoms with Crippen LogP contribution in [0.5, 0.6) is 5.75 Å². The van der Waals surface area contributed by atoms with Gasteiger partial charge in [-0.3, -0.25) is 9.52 Å². The molecule has 1 amide bonds. The third kappa shape index (κ3) is 5.09. The van der Waals surface area contributed by atoms with Crippen LogP contribution in [0, 0.1) is 5.82 Å². The second-order valence-electron chi connectivity index (χ2n) is 7.59. The summed E-state index contributed by atoms with van der Waals surface area (Å²) in [6, 6.07) is 19.1. The Morgan fingerprint density at radius 1 is 0.939 bits per heavy atom. The van der Waals surface area contributed by atoms with Crippen LogP contribution in [0.2, 0.25) is 0 Å². The zero-order valence-corrected chi connectivity index (χ0v) is 18.9. The topological polar surface area (TPSA) is 79.0 Å². The molecule has 9 heteroatoms. The fourth-order valence-electron chi connectivity index (χ4n) is 3.69. The van der Waals surface area contributed by atoms with E-state index in [2.05, 4.69) is 9.62 Å². The van der Waals surface area contributed by atoms with E-state index in [4.69, 9.17) is 4.74 Å². The van der Waals surface area contributed by atoms with E-state index in [1.165, 1.54) is 42.5 Å². The van der Waals surface area contributed by atoms with Crippen molar-refractivity contribution < 1.29 is 22.3 Å². The van der Waals surface area contributed by atoms with Crippen molar-refractivity contribution in [2.75, 3.05) is 42.9 Å². The Balaban J connectivity index is 1.44. The SMILES string of the molecule is COc1ccc(N2CCN(C(=O)c3cccc(S(=O)(=O)Nc4ccccc4F)c3)CC2)cc1. The summed E-state index contributed by atoms with van der Waals surface area (Å²) in [6.45, 7) is 2.33. The van der Waals surface area contributed by atoms with Gasteiger partial charge >= 0.3 is 0 Å². The number of halogens is 1. The van der Waals surface area contributed by atoms with Crippen molar-refractivity contribution in [1.82, 2.24) is 4.90 Å². The van der Waals surface area contributed by atoms with Gasteiger partial charge in [-0.1, -0.05) is 18.2 Å². The molecule has 7 nitrogen and oxygen atoms in total. The highest BCUT2D eigenvalue weighted by atomic mass is 32.2. The van der Waals surface area contributed by atoms with Crippen molar-refractivity contribution in [2.24, 2.45) is 0 Å². The molecule has 3 aromatic rings. The Labute approximate surface area is 192 Å². The maximum atomic E-state index is 13.9. The van der Waals surface area contributed by atoms with Crippen LogP contribution in [-0.4, -0.2) is 52.5 Å². The number of carbonyl (C=O) groups excluding carboxylic acids is 1. The molecule has 33 heavy (non-hydrogen) atoms. The lowest BCUT2D eigenvalue weighted by Gasteiger charge is -2.36. The van der Waals surface area contributed by atoms with Crippen LogP contribution in [0.4, 0.5) is 15.8 Å². The predicted molar refractivity (Wildman–Crippen MR) is 125 cm³/mol. The number of methoxy groups -OCH3 is 1. The summed E-state index contributed by atoms with van der Waals surface area (Å²) in [5.41, 5.74) is 1.17. The van der Waals surface area contributed by atoms with Crippen LogP contribution in [0.3, 0.4) is 0 Å². The number of nitrogens with zero attached hydrogens (tertiary/aromatic N) is 2. The number of amides is 1. The molecule has 0 radical (unpaired) electrons. The number of ether oxygens (including phenoxy) is 1. The van der Waals surface area contributed by atoms with Crippen LogP contribution >= 0.6 is 0 Å². The highest BCUT2D eigenvalue weighted by molar-refractivity contribution is 7.92. The van der Waals surface area contributed by atoms with Gasteiger partial charge < -0.3 is 14.5 Å². The average molecular weight is 470 g/mol. The lowest BCUT2D eigenvalue weighted by atomic mass is 10.1. The third-order valence-electron chi connectivity index (χ3n) is 5.51. The minimum Gasteiger partial charge on any atom is -0.497 e. The molecule has 172 valence electrons. The van der Waals surface area contributed by atoms with Gasteiger partial charge in [0, 0.05) is 37.4 Å². The Morgan fingerprint density at radius 3 is 2.30 bits per heavy atom. The molecule has 1 N–H and O–H groups in total. The Kier molecular flexibility index (Phi) is 6.50. The molecular weight excluding hydrogens is 445 g/mol. The highest BCUT2D eigenvalue weighted by Gasteiger charge is 2.24. The monoisotopic (exact) mass is 469 g/mol. The molecule has 0 aromatic heterocycles. The predicted octanol–water partition coefficient (Wildman–Crippen LogP) is 3.60. The molecule has 4 rings (SSSR count). The second-order valence-corrected chi connectivity index (χ2v) is 9.27. The molecule has 1 heterocycles. The summed E-state index contributed by atoms with van der Waals surface area (Å²) in [4.78, 5) is 16.8. The maximum absolute atomic E-state index is 13.9.